The molecule has 1 aliphatic heterocycles. The standard InChI is InChI=1S/C13H14N2OS/c1-2-10(13-14-5-7-17-13)8-11(3-1)15-12-4-6-16-9-12/h1-3,5,7-8,12,15H,4,6,9H2. The predicted molar refractivity (Wildman–Crippen MR) is 70.4 cm³/mol. The molecule has 1 aromatic heterocycles. The summed E-state index contributed by atoms with van der Waals surface area (Å²) in [5, 5.41) is 6.56. The van der Waals surface area contributed by atoms with E-state index in [9.17, 15) is 0 Å². The normalized spacial score (nSPS) is 19.4. The molecule has 1 fully saturated rings. The molecule has 0 amide bonds. The molecule has 0 bridgehead atoms. The Labute approximate surface area is 104 Å². The molecule has 17 heavy (non-hydrogen) atoms. The van der Waals surface area contributed by atoms with Crippen LogP contribution in [0.4, 0.5) is 5.69 Å². The van der Waals surface area contributed by atoms with E-state index in [2.05, 4.69) is 34.6 Å². The Balaban J connectivity index is 1.79. The number of benzene rings is 1. The summed E-state index contributed by atoms with van der Waals surface area (Å²) in [6.07, 6.45) is 2.92. The third kappa shape index (κ3) is 2.48. The van der Waals surface area contributed by atoms with Crippen LogP contribution in [0.25, 0.3) is 10.6 Å². The third-order valence-corrected chi connectivity index (χ3v) is 3.66. The van der Waals surface area contributed by atoms with Gasteiger partial charge in [0, 0.05) is 29.4 Å². The zero-order chi connectivity index (χ0) is 11.5. The van der Waals surface area contributed by atoms with Crippen molar-refractivity contribution in [3.05, 3.63) is 35.8 Å². The van der Waals surface area contributed by atoms with Crippen LogP contribution in [0, 0.1) is 0 Å². The van der Waals surface area contributed by atoms with Crippen molar-refractivity contribution >= 4 is 17.0 Å². The summed E-state index contributed by atoms with van der Waals surface area (Å²) < 4.78 is 5.36. The average molecular weight is 246 g/mol. The lowest BCUT2D eigenvalue weighted by atomic mass is 10.2. The van der Waals surface area contributed by atoms with Crippen molar-refractivity contribution in [1.29, 1.82) is 0 Å². The van der Waals surface area contributed by atoms with Crippen LogP contribution in [-0.2, 0) is 4.74 Å². The summed E-state index contributed by atoms with van der Waals surface area (Å²) in [6, 6.07) is 8.85. The predicted octanol–water partition coefficient (Wildman–Crippen LogP) is 3.01. The van der Waals surface area contributed by atoms with E-state index in [1.807, 2.05) is 11.6 Å². The fourth-order valence-corrected chi connectivity index (χ4v) is 2.63. The first-order valence-corrected chi connectivity index (χ1v) is 6.64. The van der Waals surface area contributed by atoms with Gasteiger partial charge < -0.3 is 10.1 Å². The molecule has 88 valence electrons. The molecule has 3 rings (SSSR count). The van der Waals surface area contributed by atoms with Crippen LogP contribution in [0.2, 0.25) is 0 Å². The Morgan fingerprint density at radius 1 is 1.41 bits per heavy atom. The fraction of sp³-hybridized carbons (Fsp3) is 0.308. The summed E-state index contributed by atoms with van der Waals surface area (Å²) in [5.41, 5.74) is 2.32. The maximum absolute atomic E-state index is 5.36. The van der Waals surface area contributed by atoms with Crippen LogP contribution in [-0.4, -0.2) is 24.2 Å². The van der Waals surface area contributed by atoms with Gasteiger partial charge in [-0.05, 0) is 18.6 Å². The quantitative estimate of drug-likeness (QED) is 0.904. The highest BCUT2D eigenvalue weighted by Crippen LogP contribution is 2.25. The molecule has 2 aromatic rings. The first-order valence-electron chi connectivity index (χ1n) is 5.76. The summed E-state index contributed by atoms with van der Waals surface area (Å²) >= 11 is 1.66. The molecule has 2 heterocycles. The largest absolute Gasteiger partial charge is 0.380 e. The smallest absolute Gasteiger partial charge is 0.123 e. The van der Waals surface area contributed by atoms with Crippen molar-refractivity contribution in [1.82, 2.24) is 4.98 Å². The maximum Gasteiger partial charge on any atom is 0.123 e. The SMILES string of the molecule is c1cc(NC2CCOC2)cc(-c2nccs2)c1. The minimum atomic E-state index is 0.446. The molecule has 4 heteroatoms. The topological polar surface area (TPSA) is 34.1 Å². The molecule has 1 atom stereocenters. The van der Waals surface area contributed by atoms with Gasteiger partial charge in [-0.25, -0.2) is 4.98 Å². The molecule has 1 saturated heterocycles. The summed E-state index contributed by atoms with van der Waals surface area (Å²) in [4.78, 5) is 4.33. The van der Waals surface area contributed by atoms with Gasteiger partial charge in [0.05, 0.1) is 12.6 Å². The molecule has 0 radical (unpaired) electrons. The van der Waals surface area contributed by atoms with Gasteiger partial charge >= 0.3 is 0 Å². The number of aromatic nitrogens is 1. The molecule has 0 saturated carbocycles. The van der Waals surface area contributed by atoms with Gasteiger partial charge in [0.15, 0.2) is 0 Å². The van der Waals surface area contributed by atoms with Crippen molar-refractivity contribution in [3.63, 3.8) is 0 Å². The molecule has 0 aliphatic carbocycles. The van der Waals surface area contributed by atoms with Crippen LogP contribution in [0.3, 0.4) is 0 Å². The van der Waals surface area contributed by atoms with Gasteiger partial charge in [-0.2, -0.15) is 0 Å². The van der Waals surface area contributed by atoms with Crippen LogP contribution in [0.5, 0.6) is 0 Å². The number of nitrogens with zero attached hydrogens (tertiary/aromatic N) is 1. The Bertz CT molecular complexity index is 478. The van der Waals surface area contributed by atoms with Crippen molar-refractivity contribution in [2.45, 2.75) is 12.5 Å². The van der Waals surface area contributed by atoms with E-state index in [0.717, 1.165) is 30.3 Å². The number of ether oxygens (including phenoxy) is 1. The number of anilines is 1. The highest BCUT2D eigenvalue weighted by Gasteiger charge is 2.15. The van der Waals surface area contributed by atoms with E-state index in [0.29, 0.717) is 6.04 Å². The Hall–Kier alpha value is -1.39. The lowest BCUT2D eigenvalue weighted by Gasteiger charge is -2.12. The van der Waals surface area contributed by atoms with Gasteiger partial charge in [-0.1, -0.05) is 12.1 Å². The molecule has 0 spiro atoms. The molecule has 1 unspecified atom stereocenters. The lowest BCUT2D eigenvalue weighted by Crippen LogP contribution is -2.18. The van der Waals surface area contributed by atoms with Crippen LogP contribution in [0.15, 0.2) is 35.8 Å². The molecule has 1 aliphatic rings. The third-order valence-electron chi connectivity index (χ3n) is 2.84. The van der Waals surface area contributed by atoms with Crippen molar-refractivity contribution in [2.75, 3.05) is 18.5 Å². The van der Waals surface area contributed by atoms with Gasteiger partial charge in [-0.15, -0.1) is 11.3 Å². The van der Waals surface area contributed by atoms with Crippen molar-refractivity contribution in [2.24, 2.45) is 0 Å². The summed E-state index contributed by atoms with van der Waals surface area (Å²) in [6.45, 7) is 1.67. The first-order chi connectivity index (χ1) is 8.42. The van der Waals surface area contributed by atoms with Gasteiger partial charge in [0.25, 0.3) is 0 Å². The molecular formula is C13H14N2OS. The van der Waals surface area contributed by atoms with E-state index in [1.54, 1.807) is 11.3 Å². The molecule has 3 nitrogen and oxygen atoms in total. The molecule has 1 N–H and O–H groups in total. The highest BCUT2D eigenvalue weighted by molar-refractivity contribution is 7.13. The second-order valence-corrected chi connectivity index (χ2v) is 5.02. The minimum absolute atomic E-state index is 0.446. The van der Waals surface area contributed by atoms with Crippen LogP contribution >= 0.6 is 11.3 Å². The number of thiazole rings is 1. The van der Waals surface area contributed by atoms with Crippen molar-refractivity contribution in [3.8, 4) is 10.6 Å². The number of nitrogens with one attached hydrogen (secondary N) is 1. The first kappa shape index (κ1) is 10.7. The Morgan fingerprint density at radius 2 is 2.41 bits per heavy atom. The zero-order valence-electron chi connectivity index (χ0n) is 9.43. The monoisotopic (exact) mass is 246 g/mol. The van der Waals surface area contributed by atoms with Crippen LogP contribution < -0.4 is 5.32 Å². The van der Waals surface area contributed by atoms with Gasteiger partial charge in [0.1, 0.15) is 5.01 Å². The second-order valence-electron chi connectivity index (χ2n) is 4.12. The second kappa shape index (κ2) is 4.85. The average Bonchev–Trinajstić information content (AvgIpc) is 3.01. The summed E-state index contributed by atoms with van der Waals surface area (Å²) in [7, 11) is 0. The lowest BCUT2D eigenvalue weighted by molar-refractivity contribution is 0.195. The zero-order valence-corrected chi connectivity index (χ0v) is 10.2. The minimum Gasteiger partial charge on any atom is -0.380 e. The van der Waals surface area contributed by atoms with Crippen molar-refractivity contribution < 1.29 is 4.74 Å². The highest BCUT2D eigenvalue weighted by atomic mass is 32.1. The number of hydrogen-bond donors (Lipinski definition) is 1. The number of rotatable bonds is 3. The Kier molecular flexibility index (Phi) is 3.07. The van der Waals surface area contributed by atoms with Gasteiger partial charge in [0.2, 0.25) is 0 Å². The summed E-state index contributed by atoms with van der Waals surface area (Å²) in [5.74, 6) is 0. The van der Waals surface area contributed by atoms with E-state index in [4.69, 9.17) is 4.74 Å². The fourth-order valence-electron chi connectivity index (χ4n) is 1.99. The van der Waals surface area contributed by atoms with E-state index in [1.165, 1.54) is 5.56 Å². The van der Waals surface area contributed by atoms with E-state index < -0.39 is 0 Å². The van der Waals surface area contributed by atoms with E-state index >= 15 is 0 Å². The number of hydrogen-bond acceptors (Lipinski definition) is 4. The van der Waals surface area contributed by atoms with Gasteiger partial charge in [-0.3, -0.25) is 0 Å². The maximum atomic E-state index is 5.36. The Morgan fingerprint density at radius 3 is 3.18 bits per heavy atom. The molecule has 1 aromatic carbocycles. The molecular weight excluding hydrogens is 232 g/mol. The van der Waals surface area contributed by atoms with E-state index in [-0.39, 0.29) is 0 Å². The van der Waals surface area contributed by atoms with Crippen LogP contribution in [0.1, 0.15) is 6.42 Å².